The van der Waals surface area contributed by atoms with Gasteiger partial charge in [0.2, 0.25) is 0 Å². The molecule has 19 heavy (non-hydrogen) atoms. The van der Waals surface area contributed by atoms with Gasteiger partial charge in [-0.3, -0.25) is 0 Å². The van der Waals surface area contributed by atoms with E-state index < -0.39 is 0 Å². The van der Waals surface area contributed by atoms with Crippen LogP contribution in [0.15, 0.2) is 24.3 Å². The molecule has 0 fully saturated rings. The molecule has 0 heterocycles. The second-order valence-electron chi connectivity index (χ2n) is 6.34. The highest BCUT2D eigenvalue weighted by Crippen LogP contribution is 2.25. The third-order valence-corrected chi connectivity index (χ3v) is 4.29. The number of hydrogen-bond donors (Lipinski definition) is 0. The molecule has 0 spiro atoms. The molecule has 0 aromatic heterocycles. The van der Waals surface area contributed by atoms with Crippen LogP contribution >= 0.6 is 0 Å². The summed E-state index contributed by atoms with van der Waals surface area (Å²) in [5.41, 5.74) is 2.86. The van der Waals surface area contributed by atoms with E-state index in [1.54, 1.807) is 0 Å². The lowest BCUT2D eigenvalue weighted by atomic mass is 9.90. The van der Waals surface area contributed by atoms with E-state index in [0.29, 0.717) is 5.92 Å². The van der Waals surface area contributed by atoms with Gasteiger partial charge in [-0.2, -0.15) is 0 Å². The van der Waals surface area contributed by atoms with Gasteiger partial charge in [0.15, 0.2) is 0 Å². The van der Waals surface area contributed by atoms with Crippen LogP contribution in [0.2, 0.25) is 0 Å². The van der Waals surface area contributed by atoms with Gasteiger partial charge >= 0.3 is 0 Å². The molecular weight excluding hydrogens is 228 g/mol. The molecule has 0 amide bonds. The maximum Gasteiger partial charge on any atom is -0.0190 e. The maximum atomic E-state index is 2.42. The highest BCUT2D eigenvalue weighted by Gasteiger charge is 2.08. The minimum absolute atomic E-state index is 0.707. The standard InChI is InChI=1S/C19H32/c1-5-6-7-8-9-16(2)10-13-18(4)19-14-11-17(3)12-15-19/h11-12,14-16,18H,5-10,13H2,1-4H3. The Morgan fingerprint density at radius 3 is 2.16 bits per heavy atom. The zero-order valence-corrected chi connectivity index (χ0v) is 13.4. The average Bonchev–Trinajstić information content (AvgIpc) is 2.42. The van der Waals surface area contributed by atoms with Crippen molar-refractivity contribution in [2.45, 2.75) is 78.6 Å². The van der Waals surface area contributed by atoms with Crippen LogP contribution in [0, 0.1) is 12.8 Å². The van der Waals surface area contributed by atoms with Gasteiger partial charge < -0.3 is 0 Å². The van der Waals surface area contributed by atoms with Gasteiger partial charge in [-0.25, -0.2) is 0 Å². The van der Waals surface area contributed by atoms with E-state index in [1.807, 2.05) is 0 Å². The summed E-state index contributed by atoms with van der Waals surface area (Å²) < 4.78 is 0. The van der Waals surface area contributed by atoms with Crippen molar-refractivity contribution in [2.75, 3.05) is 0 Å². The molecule has 2 unspecified atom stereocenters. The van der Waals surface area contributed by atoms with E-state index in [1.165, 1.54) is 56.1 Å². The molecule has 0 aliphatic rings. The maximum absolute atomic E-state index is 2.42. The van der Waals surface area contributed by atoms with E-state index in [-0.39, 0.29) is 0 Å². The Morgan fingerprint density at radius 1 is 0.842 bits per heavy atom. The first kappa shape index (κ1) is 16.3. The molecule has 0 aliphatic carbocycles. The average molecular weight is 260 g/mol. The Hall–Kier alpha value is -0.780. The molecule has 1 aromatic rings. The van der Waals surface area contributed by atoms with Crippen molar-refractivity contribution in [3.63, 3.8) is 0 Å². The zero-order chi connectivity index (χ0) is 14.1. The second kappa shape index (κ2) is 9.18. The molecule has 1 rings (SSSR count). The van der Waals surface area contributed by atoms with E-state index in [2.05, 4.69) is 52.0 Å². The number of benzene rings is 1. The normalized spacial score (nSPS) is 14.3. The fourth-order valence-corrected chi connectivity index (χ4v) is 2.66. The minimum Gasteiger partial charge on any atom is -0.0654 e. The topological polar surface area (TPSA) is 0 Å². The van der Waals surface area contributed by atoms with Gasteiger partial charge in [-0.05, 0) is 30.7 Å². The lowest BCUT2D eigenvalue weighted by molar-refractivity contribution is 0.431. The van der Waals surface area contributed by atoms with Crippen molar-refractivity contribution in [3.8, 4) is 0 Å². The summed E-state index contributed by atoms with van der Waals surface area (Å²) in [6.07, 6.45) is 9.73. The summed E-state index contributed by atoms with van der Waals surface area (Å²) in [6.45, 7) is 9.24. The van der Waals surface area contributed by atoms with Gasteiger partial charge in [0.1, 0.15) is 0 Å². The molecular formula is C19H32. The van der Waals surface area contributed by atoms with Crippen molar-refractivity contribution < 1.29 is 0 Å². The predicted molar refractivity (Wildman–Crippen MR) is 86.8 cm³/mol. The van der Waals surface area contributed by atoms with Crippen LogP contribution in [-0.4, -0.2) is 0 Å². The second-order valence-corrected chi connectivity index (χ2v) is 6.34. The molecule has 108 valence electrons. The van der Waals surface area contributed by atoms with Crippen LogP contribution in [0.25, 0.3) is 0 Å². The van der Waals surface area contributed by atoms with Crippen LogP contribution in [0.5, 0.6) is 0 Å². The molecule has 0 N–H and O–H groups in total. The Labute approximate surface area is 120 Å². The molecule has 0 nitrogen and oxygen atoms in total. The minimum atomic E-state index is 0.707. The van der Waals surface area contributed by atoms with E-state index >= 15 is 0 Å². The fourth-order valence-electron chi connectivity index (χ4n) is 2.66. The smallest absolute Gasteiger partial charge is 0.0190 e. The third-order valence-electron chi connectivity index (χ3n) is 4.29. The first-order chi connectivity index (χ1) is 9.13. The summed E-state index contributed by atoms with van der Waals surface area (Å²) in [5, 5.41) is 0. The van der Waals surface area contributed by atoms with Gasteiger partial charge in [-0.1, -0.05) is 89.1 Å². The number of hydrogen-bond acceptors (Lipinski definition) is 0. The van der Waals surface area contributed by atoms with E-state index in [4.69, 9.17) is 0 Å². The van der Waals surface area contributed by atoms with Crippen molar-refractivity contribution in [3.05, 3.63) is 35.4 Å². The van der Waals surface area contributed by atoms with Crippen molar-refractivity contribution in [1.29, 1.82) is 0 Å². The molecule has 0 radical (unpaired) electrons. The fraction of sp³-hybridized carbons (Fsp3) is 0.684. The number of aryl methyl sites for hydroxylation is 1. The summed E-state index contributed by atoms with van der Waals surface area (Å²) in [7, 11) is 0. The van der Waals surface area contributed by atoms with Crippen molar-refractivity contribution in [2.24, 2.45) is 5.92 Å². The Bertz CT molecular complexity index is 322. The Kier molecular flexibility index (Phi) is 7.86. The predicted octanol–water partition coefficient (Wildman–Crippen LogP) is 6.49. The summed E-state index contributed by atoms with van der Waals surface area (Å²) in [4.78, 5) is 0. The van der Waals surface area contributed by atoms with E-state index in [9.17, 15) is 0 Å². The quantitative estimate of drug-likeness (QED) is 0.445. The van der Waals surface area contributed by atoms with Crippen LogP contribution in [-0.2, 0) is 0 Å². The van der Waals surface area contributed by atoms with Crippen molar-refractivity contribution >= 4 is 0 Å². The van der Waals surface area contributed by atoms with E-state index in [0.717, 1.165) is 5.92 Å². The SMILES string of the molecule is CCCCCCC(C)CCC(C)c1ccc(C)cc1. The third kappa shape index (κ3) is 6.80. The van der Waals surface area contributed by atoms with Crippen LogP contribution in [0.3, 0.4) is 0 Å². The number of rotatable bonds is 9. The lowest BCUT2D eigenvalue weighted by Gasteiger charge is -2.16. The molecule has 0 aliphatic heterocycles. The zero-order valence-electron chi connectivity index (χ0n) is 13.4. The van der Waals surface area contributed by atoms with Crippen molar-refractivity contribution in [1.82, 2.24) is 0 Å². The molecule has 0 heteroatoms. The molecule has 0 bridgehead atoms. The molecule has 1 aromatic carbocycles. The van der Waals surface area contributed by atoms with Crippen LogP contribution < -0.4 is 0 Å². The first-order valence-electron chi connectivity index (χ1n) is 8.20. The Balaban J connectivity index is 2.22. The van der Waals surface area contributed by atoms with Gasteiger partial charge in [0.05, 0.1) is 0 Å². The summed E-state index contributed by atoms with van der Waals surface area (Å²) in [5.74, 6) is 1.60. The summed E-state index contributed by atoms with van der Waals surface area (Å²) in [6, 6.07) is 9.07. The van der Waals surface area contributed by atoms with Gasteiger partial charge in [0, 0.05) is 0 Å². The molecule has 2 atom stereocenters. The Morgan fingerprint density at radius 2 is 1.53 bits per heavy atom. The van der Waals surface area contributed by atoms with Crippen LogP contribution in [0.4, 0.5) is 0 Å². The van der Waals surface area contributed by atoms with Crippen LogP contribution in [0.1, 0.15) is 82.8 Å². The first-order valence-corrected chi connectivity index (χ1v) is 8.20. The highest BCUT2D eigenvalue weighted by atomic mass is 14.1. The molecule has 0 saturated heterocycles. The van der Waals surface area contributed by atoms with Gasteiger partial charge in [-0.15, -0.1) is 0 Å². The van der Waals surface area contributed by atoms with Gasteiger partial charge in [0.25, 0.3) is 0 Å². The number of unbranched alkanes of at least 4 members (excludes halogenated alkanes) is 3. The monoisotopic (exact) mass is 260 g/mol. The highest BCUT2D eigenvalue weighted by molar-refractivity contribution is 5.23. The lowest BCUT2D eigenvalue weighted by Crippen LogP contribution is -2.00. The summed E-state index contributed by atoms with van der Waals surface area (Å²) >= 11 is 0. The largest absolute Gasteiger partial charge is 0.0654 e. The molecule has 0 saturated carbocycles.